The van der Waals surface area contributed by atoms with E-state index in [-0.39, 0.29) is 30.8 Å². The standard InChI is InChI=1S/7C2H4O2.4C2H4.5H3N/c7*1-2(3)4;4*1-2;;;;;/h7*1H3,(H,3,4);4*1-2H2;5*1H3. The van der Waals surface area contributed by atoms with Gasteiger partial charge in [0.1, 0.15) is 0 Å². The molecule has 0 aliphatic rings. The maximum Gasteiger partial charge on any atom is 0.300 e. The quantitative estimate of drug-likeness (QED) is 0.164. The van der Waals surface area contributed by atoms with Gasteiger partial charge in [0.25, 0.3) is 41.8 Å². The molecule has 0 aromatic carbocycles. The Kier molecular flexibility index (Phi) is 424. The molecule has 0 aromatic rings. The van der Waals surface area contributed by atoms with E-state index < -0.39 is 41.8 Å². The van der Waals surface area contributed by atoms with E-state index in [4.69, 9.17) is 69.3 Å². The van der Waals surface area contributed by atoms with Crippen molar-refractivity contribution in [2.24, 2.45) is 0 Å². The van der Waals surface area contributed by atoms with Crippen molar-refractivity contribution in [3.8, 4) is 0 Å². The van der Waals surface area contributed by atoms with E-state index in [2.05, 4.69) is 52.6 Å². The SMILES string of the molecule is C=C.C=C.C=C.C=C.CC(=O)O.CC(=O)O.CC(=O)O.CC(=O)O.CC(=O)O.CC(=O)O.CC(=O)O.N.N.N.N.N. The van der Waals surface area contributed by atoms with Crippen LogP contribution in [0.3, 0.4) is 0 Å². The van der Waals surface area contributed by atoms with E-state index in [9.17, 15) is 0 Å². The Hall–Kier alpha value is -4.95. The van der Waals surface area contributed by atoms with Gasteiger partial charge in [-0.3, -0.25) is 33.6 Å². The van der Waals surface area contributed by atoms with Gasteiger partial charge in [0.05, 0.1) is 0 Å². The van der Waals surface area contributed by atoms with Crippen molar-refractivity contribution in [3.63, 3.8) is 0 Å². The molecule has 0 aliphatic heterocycles. The van der Waals surface area contributed by atoms with Gasteiger partial charge in [0.2, 0.25) is 0 Å². The maximum absolute atomic E-state index is 9.00. The number of hydrogen-bond acceptors (Lipinski definition) is 12. The van der Waals surface area contributed by atoms with Crippen LogP contribution in [0.15, 0.2) is 52.6 Å². The van der Waals surface area contributed by atoms with Crippen molar-refractivity contribution in [2.75, 3.05) is 0 Å². The lowest BCUT2D eigenvalue weighted by molar-refractivity contribution is -0.135. The topological polar surface area (TPSA) is 436 Å². The summed E-state index contributed by atoms with van der Waals surface area (Å²) in [5.74, 6) is -5.83. The van der Waals surface area contributed by atoms with E-state index in [0.717, 1.165) is 48.5 Å². The number of carboxylic acid groups (broad SMARTS) is 7. The Labute approximate surface area is 243 Å². The second-order valence-electron chi connectivity index (χ2n) is 3.63. The second-order valence-corrected chi connectivity index (χ2v) is 3.63. The summed E-state index contributed by atoms with van der Waals surface area (Å²) in [5.41, 5.74) is 0. The fraction of sp³-hybridized carbons (Fsp3) is 0.318. The van der Waals surface area contributed by atoms with Gasteiger partial charge in [-0.2, -0.15) is 0 Å². The molecule has 0 saturated heterocycles. The minimum Gasteiger partial charge on any atom is -0.481 e. The van der Waals surface area contributed by atoms with Gasteiger partial charge in [0, 0.05) is 48.5 Å². The van der Waals surface area contributed by atoms with Gasteiger partial charge in [0.15, 0.2) is 0 Å². The largest absolute Gasteiger partial charge is 0.481 e. The van der Waals surface area contributed by atoms with Gasteiger partial charge < -0.3 is 66.5 Å². The van der Waals surface area contributed by atoms with Crippen molar-refractivity contribution < 1.29 is 69.3 Å². The summed E-state index contributed by atoms with van der Waals surface area (Å²) >= 11 is 0. The van der Waals surface area contributed by atoms with Gasteiger partial charge in [-0.1, -0.05) is 0 Å². The van der Waals surface area contributed by atoms with Gasteiger partial charge >= 0.3 is 0 Å². The minimum atomic E-state index is -0.833. The van der Waals surface area contributed by atoms with Crippen LogP contribution in [0.5, 0.6) is 0 Å². The number of hydrogen-bond donors (Lipinski definition) is 12. The van der Waals surface area contributed by atoms with E-state index in [1.165, 1.54) is 0 Å². The molecule has 0 amide bonds. The van der Waals surface area contributed by atoms with Crippen molar-refractivity contribution in [1.29, 1.82) is 0 Å². The smallest absolute Gasteiger partial charge is 0.300 e. The van der Waals surface area contributed by atoms with Gasteiger partial charge in [-0.05, 0) is 0 Å². The molecular formula is C22H59N5O14. The van der Waals surface area contributed by atoms with E-state index in [1.54, 1.807) is 0 Å². The summed E-state index contributed by atoms with van der Waals surface area (Å²) in [5, 5.41) is 51.9. The summed E-state index contributed by atoms with van der Waals surface area (Å²) in [6.45, 7) is 31.6. The Morgan fingerprint density at radius 1 is 0.268 bits per heavy atom. The number of carboxylic acids is 7. The van der Waals surface area contributed by atoms with Crippen LogP contribution in [0.4, 0.5) is 0 Å². The molecule has 0 heterocycles. The van der Waals surface area contributed by atoms with E-state index in [0.29, 0.717) is 0 Å². The molecule has 19 nitrogen and oxygen atoms in total. The molecule has 0 bridgehead atoms. The molecule has 0 saturated carbocycles. The molecule has 0 radical (unpaired) electrons. The Bertz CT molecular complexity index is 383. The van der Waals surface area contributed by atoms with Gasteiger partial charge in [-0.15, -0.1) is 52.6 Å². The Morgan fingerprint density at radius 2 is 0.268 bits per heavy atom. The fourth-order valence-corrected chi connectivity index (χ4v) is 0. The predicted molar refractivity (Wildman–Crippen MR) is 163 cm³/mol. The summed E-state index contributed by atoms with van der Waals surface area (Å²) in [6.07, 6.45) is 0. The van der Waals surface area contributed by atoms with Crippen molar-refractivity contribution in [2.45, 2.75) is 48.5 Å². The van der Waals surface area contributed by atoms with Crippen molar-refractivity contribution in [3.05, 3.63) is 52.6 Å². The normalized spacial score (nSPS) is 4.66. The Balaban J connectivity index is -0.0000000120. The molecule has 0 spiro atoms. The number of rotatable bonds is 0. The first kappa shape index (κ1) is 110. The fourth-order valence-electron chi connectivity index (χ4n) is 0. The summed E-state index contributed by atoms with van der Waals surface area (Å²) in [7, 11) is 0. The van der Waals surface area contributed by atoms with E-state index >= 15 is 0 Å². The lowest BCUT2D eigenvalue weighted by atomic mass is 10.9. The highest BCUT2D eigenvalue weighted by Crippen LogP contribution is 1.44. The average Bonchev–Trinajstić information content (AvgIpc) is 2.65. The third-order valence-corrected chi connectivity index (χ3v) is 0. The molecule has 22 N–H and O–H groups in total. The monoisotopic (exact) mass is 617 g/mol. The minimum absolute atomic E-state index is 0. The van der Waals surface area contributed by atoms with Crippen LogP contribution >= 0.6 is 0 Å². The maximum atomic E-state index is 9.00. The van der Waals surface area contributed by atoms with Crippen LogP contribution in [0.25, 0.3) is 0 Å². The van der Waals surface area contributed by atoms with Crippen molar-refractivity contribution in [1.82, 2.24) is 30.8 Å². The Morgan fingerprint density at radius 3 is 0.268 bits per heavy atom. The van der Waals surface area contributed by atoms with Crippen LogP contribution in [-0.4, -0.2) is 77.5 Å². The molecule has 0 atom stereocenters. The molecule has 0 unspecified atom stereocenters. The number of aliphatic carboxylic acids is 7. The molecule has 41 heavy (non-hydrogen) atoms. The molecule has 19 heteroatoms. The van der Waals surface area contributed by atoms with Crippen LogP contribution in [0, 0.1) is 0 Å². The second kappa shape index (κ2) is 158. The first-order valence-corrected chi connectivity index (χ1v) is 8.49. The lowest BCUT2D eigenvalue weighted by Crippen LogP contribution is -1.78. The summed E-state index contributed by atoms with van der Waals surface area (Å²) in [4.78, 5) is 63.0. The third-order valence-electron chi connectivity index (χ3n) is 0. The highest BCUT2D eigenvalue weighted by molar-refractivity contribution is 5.64. The zero-order valence-corrected chi connectivity index (χ0v) is 25.7. The van der Waals surface area contributed by atoms with Crippen LogP contribution in [0.1, 0.15) is 48.5 Å². The number of carbonyl (C=O) groups is 7. The molecule has 0 aliphatic carbocycles. The molecule has 0 fully saturated rings. The van der Waals surface area contributed by atoms with Crippen LogP contribution in [0.2, 0.25) is 0 Å². The first-order chi connectivity index (χ1) is 16.1. The summed E-state index contributed by atoms with van der Waals surface area (Å²) < 4.78 is 0. The predicted octanol–water partition coefficient (Wildman–Crippen LogP) is 4.66. The average molecular weight is 618 g/mol. The zero-order valence-electron chi connectivity index (χ0n) is 25.7. The molecular weight excluding hydrogens is 558 g/mol. The van der Waals surface area contributed by atoms with Crippen molar-refractivity contribution >= 4 is 41.8 Å². The van der Waals surface area contributed by atoms with Crippen LogP contribution < -0.4 is 30.8 Å². The molecule has 0 rings (SSSR count). The molecule has 256 valence electrons. The highest BCUT2D eigenvalue weighted by atomic mass is 16.4. The third kappa shape index (κ3) is 1560. The zero-order chi connectivity index (χ0) is 33.0. The van der Waals surface area contributed by atoms with Gasteiger partial charge in [-0.25, -0.2) is 0 Å². The highest BCUT2D eigenvalue weighted by Gasteiger charge is 1.67. The first-order valence-electron chi connectivity index (χ1n) is 8.49. The molecule has 0 aromatic heterocycles. The summed E-state index contributed by atoms with van der Waals surface area (Å²) in [6, 6.07) is 0. The van der Waals surface area contributed by atoms with Crippen LogP contribution in [-0.2, 0) is 33.6 Å². The van der Waals surface area contributed by atoms with E-state index in [1.807, 2.05) is 0 Å². The lowest BCUT2D eigenvalue weighted by Gasteiger charge is -1.59.